The summed E-state index contributed by atoms with van der Waals surface area (Å²) in [5.74, 6) is -0.251. The number of aliphatic hydroxyl groups excluding tert-OH is 1. The fourth-order valence-corrected chi connectivity index (χ4v) is 27.1. The van der Waals surface area contributed by atoms with Crippen molar-refractivity contribution in [2.45, 2.75) is 167 Å². The molecule has 674 valence electrons. The Kier molecular flexibility index (Phi) is 21.4. The fraction of sp³-hybridized carbons (Fsp3) is 0.373. The summed E-state index contributed by atoms with van der Waals surface area (Å²) in [6, 6.07) is 86.9. The van der Waals surface area contributed by atoms with Crippen molar-refractivity contribution >= 4 is 107 Å². The number of urea groups is 1. The summed E-state index contributed by atoms with van der Waals surface area (Å²) >= 11 is -1.90. The standard InChI is InChI=1S/C29H30N4O2.C29H33N3O.C26H24N2O4S.C26H26N2O3/c1-30-18-29(31(2)28(30)35)23-11-3-4-12-24(23)33(27(29)34)21-13-15-32(16-14-21)25-17-20-9-5-7-19-8-6-10-22(25)26(19)20;1-3-16-29(30-2)24-12-4-5-13-25(24)32(28(29)33)22-14-17-31(18-15-22)26-19-21-10-6-8-20-9-7-11-23(26)27(20)21;29-25-26(16-31-33(30)32-26)21-9-1-2-10-22(21)28(25)19-11-13-27(14-12-19)23-15-18-7-3-5-17-6-4-8-20(23)24(17)18;29-16-26(31)21-9-1-2-10-22(21)28(25(26)30)19-11-13-27(14-12-19)23-15-18-7-3-5-17-6-4-8-20(23)24(17)18/h3-12,21,25H,13-18H2,1-2H3;4-13,22,26,30H,3,14-19H2,1-2H3;1-10,19,23H,11-16H2;1-10,19,23,29,31H,11-16H2. The molecule has 6 fully saturated rings. The molecule has 26 rings (SSSR count). The van der Waals surface area contributed by atoms with E-state index in [-0.39, 0.29) is 54.5 Å². The molecule has 22 heteroatoms. The van der Waals surface area contributed by atoms with Gasteiger partial charge in [-0.1, -0.05) is 232 Å². The minimum Gasteiger partial charge on any atom is -0.392 e. The second-order valence-electron chi connectivity index (χ2n) is 39.0. The highest BCUT2D eigenvalue weighted by Gasteiger charge is 2.63. The third-order valence-electron chi connectivity index (χ3n) is 32.6. The number of hydrogen-bond donors (Lipinski definition) is 3. The fourth-order valence-electron chi connectivity index (χ4n) is 26.3. The minimum absolute atomic E-state index is 0.00482. The van der Waals surface area contributed by atoms with E-state index in [9.17, 15) is 38.4 Å². The first-order valence-corrected chi connectivity index (χ1v) is 48.9. The molecule has 132 heavy (non-hydrogen) atoms. The van der Waals surface area contributed by atoms with Gasteiger partial charge >= 0.3 is 17.4 Å². The van der Waals surface area contributed by atoms with E-state index in [0.29, 0.717) is 36.3 Å². The van der Waals surface area contributed by atoms with E-state index in [1.165, 1.54) is 87.6 Å². The Balaban J connectivity index is 0.0000000999. The third-order valence-corrected chi connectivity index (χ3v) is 33.4. The molecule has 12 aromatic carbocycles. The summed E-state index contributed by atoms with van der Waals surface area (Å²) in [6.45, 7) is 9.64. The lowest BCUT2D eigenvalue weighted by atomic mass is 9.87. The van der Waals surface area contributed by atoms with E-state index in [0.717, 1.165) is 182 Å². The quantitative estimate of drug-likeness (QED) is 0.104. The molecule has 0 bridgehead atoms. The van der Waals surface area contributed by atoms with Crippen LogP contribution in [0.5, 0.6) is 0 Å². The second-order valence-corrected chi connectivity index (χ2v) is 39.8. The number of aliphatic hydroxyl groups is 2. The van der Waals surface area contributed by atoms with Gasteiger partial charge in [-0.3, -0.25) is 43.0 Å². The maximum atomic E-state index is 14.1. The van der Waals surface area contributed by atoms with Gasteiger partial charge in [-0.05, 0) is 202 Å². The maximum absolute atomic E-state index is 14.1. The molecule has 0 radical (unpaired) electrons. The largest absolute Gasteiger partial charge is 0.392 e. The van der Waals surface area contributed by atoms with Crippen LogP contribution < -0.4 is 24.9 Å². The number of fused-ring (bicyclic) bond motifs is 6. The van der Waals surface area contributed by atoms with Gasteiger partial charge in [-0.15, -0.1) is 0 Å². The lowest BCUT2D eigenvalue weighted by molar-refractivity contribution is -0.141. The average molecular weight is 1780 g/mol. The van der Waals surface area contributed by atoms with Crippen LogP contribution in [0.2, 0.25) is 0 Å². The maximum Gasteiger partial charge on any atom is 0.320 e. The monoisotopic (exact) mass is 1780 g/mol. The van der Waals surface area contributed by atoms with Crippen LogP contribution in [-0.4, -0.2) is 191 Å². The number of likely N-dealkylation sites (tertiary alicyclic amines) is 4. The van der Waals surface area contributed by atoms with E-state index in [4.69, 9.17) is 8.37 Å². The summed E-state index contributed by atoms with van der Waals surface area (Å²) in [4.78, 5) is 89.0. The minimum atomic E-state index is -1.90. The number of para-hydroxylation sites is 4. The lowest BCUT2D eigenvalue weighted by Crippen LogP contribution is -2.54. The summed E-state index contributed by atoms with van der Waals surface area (Å²) in [7, 11) is 5.49. The van der Waals surface area contributed by atoms with E-state index in [1.54, 1.807) is 40.9 Å². The summed E-state index contributed by atoms with van der Waals surface area (Å²) in [5.41, 5.74) is 14.1. The van der Waals surface area contributed by atoms with Crippen molar-refractivity contribution < 1.29 is 46.8 Å². The molecule has 10 aliphatic heterocycles. The van der Waals surface area contributed by atoms with E-state index >= 15 is 0 Å². The van der Waals surface area contributed by atoms with Gasteiger partial charge in [-0.25, -0.2) is 8.98 Å². The number of carbonyl (C=O) groups is 5. The molecule has 12 aromatic rings. The van der Waals surface area contributed by atoms with Crippen LogP contribution in [0.1, 0.15) is 162 Å². The van der Waals surface area contributed by atoms with Gasteiger partial charge in [0.1, 0.15) is 12.1 Å². The number of likely N-dealkylation sites (N-methyl/N-ethyl adjacent to an activating group) is 3. The Morgan fingerprint density at radius 3 is 1.08 bits per heavy atom. The molecule has 2 spiro atoms. The molecule has 10 heterocycles. The van der Waals surface area contributed by atoms with Crippen LogP contribution in [-0.2, 0) is 86.9 Å². The van der Waals surface area contributed by atoms with Crippen LogP contribution in [0, 0.1) is 0 Å². The number of benzene rings is 12. The van der Waals surface area contributed by atoms with Crippen molar-refractivity contribution in [2.75, 3.05) is 113 Å². The van der Waals surface area contributed by atoms with Crippen LogP contribution in [0.3, 0.4) is 0 Å². The smallest absolute Gasteiger partial charge is 0.320 e. The summed E-state index contributed by atoms with van der Waals surface area (Å²) in [5, 5.41) is 35.2. The number of rotatable bonds is 12. The average Bonchev–Trinajstić information content (AvgIpc) is 1.54. The van der Waals surface area contributed by atoms with Gasteiger partial charge < -0.3 is 44.9 Å². The first kappa shape index (κ1) is 84.9. The first-order chi connectivity index (χ1) is 64.4. The van der Waals surface area contributed by atoms with Crippen molar-refractivity contribution in [1.82, 2.24) is 34.7 Å². The molecule has 21 nitrogen and oxygen atoms in total. The normalized spacial score (nSPS) is 26.8. The van der Waals surface area contributed by atoms with Crippen molar-refractivity contribution in [3.63, 3.8) is 0 Å². The van der Waals surface area contributed by atoms with Crippen molar-refractivity contribution in [2.24, 2.45) is 0 Å². The number of nitrogens with one attached hydrogen (secondary N) is 1. The van der Waals surface area contributed by atoms with Gasteiger partial charge in [0.25, 0.3) is 23.6 Å². The second kappa shape index (κ2) is 33.4. The molecule has 9 atom stereocenters. The predicted molar refractivity (Wildman–Crippen MR) is 517 cm³/mol. The topological polar surface area (TPSA) is 206 Å². The lowest BCUT2D eigenvalue weighted by Gasteiger charge is -2.40. The molecule has 0 aromatic heterocycles. The molecular formula is C110H113N11O10S. The molecule has 0 saturated carbocycles. The Bertz CT molecular complexity index is 6660. The van der Waals surface area contributed by atoms with Crippen LogP contribution in [0.25, 0.3) is 43.1 Å². The zero-order chi connectivity index (χ0) is 89.8. The van der Waals surface area contributed by atoms with Crippen molar-refractivity contribution in [3.8, 4) is 0 Å². The number of piperidine rings is 4. The van der Waals surface area contributed by atoms with Gasteiger partial charge in [-0.2, -0.15) is 4.21 Å². The molecule has 4 aliphatic carbocycles. The van der Waals surface area contributed by atoms with E-state index in [1.807, 2.05) is 71.4 Å². The van der Waals surface area contributed by atoms with Gasteiger partial charge in [0.2, 0.25) is 5.60 Å². The summed E-state index contributed by atoms with van der Waals surface area (Å²) < 4.78 is 22.7. The zero-order valence-electron chi connectivity index (χ0n) is 75.4. The molecule has 6 amide bonds. The number of nitrogens with zero attached hydrogens (tertiary/aromatic N) is 10. The first-order valence-electron chi connectivity index (χ1n) is 47.9. The van der Waals surface area contributed by atoms with E-state index in [2.05, 4.69) is 213 Å². The van der Waals surface area contributed by atoms with Gasteiger partial charge in [0, 0.05) is 143 Å². The Labute approximate surface area is 773 Å². The predicted octanol–water partition coefficient (Wildman–Crippen LogP) is 16.2. The third kappa shape index (κ3) is 13.2. The highest BCUT2D eigenvalue weighted by atomic mass is 32.2. The highest BCUT2D eigenvalue weighted by Crippen LogP contribution is 2.55. The molecule has 3 N–H and O–H groups in total. The Morgan fingerprint density at radius 1 is 0.394 bits per heavy atom. The van der Waals surface area contributed by atoms with Gasteiger partial charge in [0.05, 0.1) is 30.2 Å². The van der Waals surface area contributed by atoms with Crippen molar-refractivity contribution in [1.29, 1.82) is 0 Å². The Hall–Kier alpha value is -11.4. The highest BCUT2D eigenvalue weighted by molar-refractivity contribution is 7.75. The molecule has 14 aliphatic rings. The van der Waals surface area contributed by atoms with Crippen LogP contribution in [0.15, 0.2) is 243 Å². The number of carbonyl (C=O) groups excluding carboxylic acids is 5. The SMILES string of the molecule is CCCC1(NC)C(=O)N(C2CCN(C3Cc4cccc5cccc3c45)CC2)c2ccccc21.CN1CC2(C(=O)N(C3CCN(C4Cc5cccc6cccc4c56)CC3)c3ccccc32)N(C)C1=O.O=C1N(C2CCN(C3Cc4cccc5cccc3c45)CC2)c2ccccc2C1(O)CO.O=C1N(C2CCN(C3Cc4cccc5cccc3c45)CC2)c2ccccc2C12COS(=O)O2. The zero-order valence-corrected chi connectivity index (χ0v) is 76.2. The van der Waals surface area contributed by atoms with Gasteiger partial charge in [0.15, 0.2) is 11.1 Å². The number of hydrogen-bond acceptors (Lipinski definition) is 15. The van der Waals surface area contributed by atoms with Crippen LogP contribution in [0.4, 0.5) is 27.5 Å². The Morgan fingerprint density at radius 2 is 0.720 bits per heavy atom. The molecular weight excluding hydrogens is 1670 g/mol. The number of amides is 6. The van der Waals surface area contributed by atoms with Crippen LogP contribution >= 0.6 is 0 Å². The van der Waals surface area contributed by atoms with E-state index < -0.39 is 46.2 Å². The number of anilines is 4. The van der Waals surface area contributed by atoms with Crippen molar-refractivity contribution in [3.05, 3.63) is 309 Å². The summed E-state index contributed by atoms with van der Waals surface area (Å²) in [6.07, 6.45) is 13.5. The molecule has 6 saturated heterocycles. The molecule has 9 unspecified atom stereocenters.